The molecule has 3 fully saturated rings. The minimum atomic E-state index is -0.576. The number of rotatable bonds is 5. The zero-order valence-electron chi connectivity index (χ0n) is 16.4. The van der Waals surface area contributed by atoms with Gasteiger partial charge in [-0.1, -0.05) is 33.1 Å². The van der Waals surface area contributed by atoms with Gasteiger partial charge in [-0.25, -0.2) is 0 Å². The fourth-order valence-electron chi connectivity index (χ4n) is 4.67. The molecule has 1 saturated carbocycles. The molecule has 2 amide bonds. The highest BCUT2D eigenvalue weighted by molar-refractivity contribution is 7.59. The molecule has 3 heterocycles. The van der Waals surface area contributed by atoms with E-state index in [2.05, 4.69) is 5.32 Å². The highest BCUT2D eigenvalue weighted by atomic mass is 32.1. The molecule has 1 aromatic rings. The van der Waals surface area contributed by atoms with Crippen LogP contribution in [0.4, 0.5) is 0 Å². The molecule has 2 saturated heterocycles. The Morgan fingerprint density at radius 2 is 1.93 bits per heavy atom. The molecule has 3 atom stereocenters. The number of carbonyl (C=O) groups excluding carboxylic acids is 3. The molecule has 1 aliphatic carbocycles. The number of ketones is 1. The van der Waals surface area contributed by atoms with Gasteiger partial charge >= 0.3 is 0 Å². The molecule has 1 N–H and O–H groups in total. The average Bonchev–Trinajstić information content (AvgIpc) is 3.43. The number of thiophene rings is 1. The summed E-state index contributed by atoms with van der Waals surface area (Å²) in [4.78, 5) is 40.0. The molecule has 0 unspecified atom stereocenters. The number of carbonyl (C=O) groups is 3. The highest BCUT2D eigenvalue weighted by Gasteiger charge is 2.46. The van der Waals surface area contributed by atoms with Gasteiger partial charge in [0.25, 0.3) is 5.91 Å². The molecule has 2 aliphatic heterocycles. The molecule has 0 spiro atoms. The third-order valence-corrected chi connectivity index (χ3v) is 6.74. The summed E-state index contributed by atoms with van der Waals surface area (Å²) < 4.78 is 5.57. The summed E-state index contributed by atoms with van der Waals surface area (Å²) in [6.45, 7) is 0.651. The topological polar surface area (TPSA) is 75.7 Å². The minimum absolute atomic E-state index is 0. The quantitative estimate of drug-likeness (QED) is 0.711. The van der Waals surface area contributed by atoms with Gasteiger partial charge in [0.1, 0.15) is 18.7 Å². The Morgan fingerprint density at radius 1 is 1.20 bits per heavy atom. The lowest BCUT2D eigenvalue weighted by Crippen LogP contribution is -2.58. The van der Waals surface area contributed by atoms with Crippen molar-refractivity contribution in [2.45, 2.75) is 70.6 Å². The minimum Gasteiger partial charge on any atom is -0.368 e. The first-order valence-corrected chi connectivity index (χ1v) is 10.9. The SMILES string of the molecule is C.O=C(N[C@@H](CC1CCCC1)C(=O)N1CCC[C@@H]2OCC(=O)[C@@H]21)c1ccsc1.S.S. The van der Waals surface area contributed by atoms with Gasteiger partial charge in [0.05, 0.1) is 11.7 Å². The Labute approximate surface area is 197 Å². The fourth-order valence-corrected chi connectivity index (χ4v) is 5.31. The van der Waals surface area contributed by atoms with Crippen LogP contribution in [0.25, 0.3) is 0 Å². The van der Waals surface area contributed by atoms with Crippen LogP contribution in [-0.4, -0.2) is 53.8 Å². The van der Waals surface area contributed by atoms with E-state index in [9.17, 15) is 14.4 Å². The lowest BCUT2D eigenvalue weighted by atomic mass is 9.93. The molecule has 30 heavy (non-hydrogen) atoms. The largest absolute Gasteiger partial charge is 0.368 e. The molecule has 170 valence electrons. The molecular formula is C21H34N2O4S3. The van der Waals surface area contributed by atoms with Crippen LogP contribution in [0.1, 0.15) is 62.7 Å². The van der Waals surface area contributed by atoms with Crippen molar-refractivity contribution in [3.63, 3.8) is 0 Å². The van der Waals surface area contributed by atoms with Crippen molar-refractivity contribution in [1.82, 2.24) is 10.2 Å². The molecule has 0 aromatic carbocycles. The van der Waals surface area contributed by atoms with Gasteiger partial charge < -0.3 is 15.0 Å². The van der Waals surface area contributed by atoms with Crippen LogP contribution >= 0.6 is 38.3 Å². The summed E-state index contributed by atoms with van der Waals surface area (Å²) in [5.41, 5.74) is 0.584. The zero-order chi connectivity index (χ0) is 18.8. The van der Waals surface area contributed by atoms with Crippen molar-refractivity contribution < 1.29 is 19.1 Å². The predicted octanol–water partition coefficient (Wildman–Crippen LogP) is 3.25. The van der Waals surface area contributed by atoms with E-state index in [1.54, 1.807) is 16.3 Å². The van der Waals surface area contributed by atoms with Gasteiger partial charge in [-0.2, -0.15) is 38.3 Å². The summed E-state index contributed by atoms with van der Waals surface area (Å²) in [5.74, 6) is 0.101. The normalized spacial score (nSPS) is 24.1. The van der Waals surface area contributed by atoms with Crippen LogP contribution in [0.5, 0.6) is 0 Å². The maximum Gasteiger partial charge on any atom is 0.252 e. The van der Waals surface area contributed by atoms with Gasteiger partial charge in [-0.05, 0) is 36.6 Å². The third kappa shape index (κ3) is 5.81. The van der Waals surface area contributed by atoms with Crippen molar-refractivity contribution in [3.8, 4) is 0 Å². The van der Waals surface area contributed by atoms with Crippen molar-refractivity contribution in [1.29, 1.82) is 0 Å². The van der Waals surface area contributed by atoms with Crippen LogP contribution in [0.2, 0.25) is 0 Å². The third-order valence-electron chi connectivity index (χ3n) is 6.06. The van der Waals surface area contributed by atoms with Gasteiger partial charge in [0, 0.05) is 11.9 Å². The van der Waals surface area contributed by atoms with Crippen LogP contribution in [0.15, 0.2) is 16.8 Å². The molecule has 3 aliphatic rings. The number of amides is 2. The first-order valence-electron chi connectivity index (χ1n) is 9.91. The first kappa shape index (κ1) is 27.0. The molecule has 6 nitrogen and oxygen atoms in total. The summed E-state index contributed by atoms with van der Waals surface area (Å²) in [7, 11) is 0. The average molecular weight is 475 g/mol. The van der Waals surface area contributed by atoms with E-state index >= 15 is 0 Å². The Hall–Kier alpha value is -1.03. The van der Waals surface area contributed by atoms with E-state index in [1.165, 1.54) is 24.2 Å². The van der Waals surface area contributed by atoms with Crippen molar-refractivity contribution in [2.24, 2.45) is 5.92 Å². The number of piperidine rings is 1. The second-order valence-corrected chi connectivity index (χ2v) is 8.64. The second kappa shape index (κ2) is 12.1. The van der Waals surface area contributed by atoms with Crippen LogP contribution in [0, 0.1) is 5.92 Å². The van der Waals surface area contributed by atoms with Crippen LogP contribution < -0.4 is 5.32 Å². The maximum absolute atomic E-state index is 13.4. The molecule has 4 rings (SSSR count). The van der Waals surface area contributed by atoms with E-state index in [4.69, 9.17) is 4.74 Å². The number of likely N-dealkylation sites (tertiary alicyclic amines) is 1. The number of fused-ring (bicyclic) bond motifs is 1. The molecular weight excluding hydrogens is 440 g/mol. The number of hydrogen-bond donors (Lipinski definition) is 1. The van der Waals surface area contributed by atoms with Crippen LogP contribution in [0.3, 0.4) is 0 Å². The Kier molecular flexibility index (Phi) is 10.9. The van der Waals surface area contributed by atoms with E-state index in [1.807, 2.05) is 5.38 Å². The van der Waals surface area contributed by atoms with Gasteiger partial charge in [0.2, 0.25) is 5.91 Å². The maximum atomic E-state index is 13.4. The van der Waals surface area contributed by atoms with Crippen molar-refractivity contribution in [3.05, 3.63) is 22.4 Å². The zero-order valence-corrected chi connectivity index (χ0v) is 19.2. The lowest BCUT2D eigenvalue weighted by molar-refractivity contribution is -0.142. The van der Waals surface area contributed by atoms with Gasteiger partial charge in [-0.3, -0.25) is 14.4 Å². The highest BCUT2D eigenvalue weighted by Crippen LogP contribution is 2.31. The van der Waals surface area contributed by atoms with Crippen molar-refractivity contribution in [2.75, 3.05) is 13.2 Å². The smallest absolute Gasteiger partial charge is 0.252 e. The lowest BCUT2D eigenvalue weighted by Gasteiger charge is -2.38. The van der Waals surface area contributed by atoms with E-state index < -0.39 is 12.1 Å². The molecule has 0 radical (unpaired) electrons. The molecule has 1 aromatic heterocycles. The van der Waals surface area contributed by atoms with E-state index in [-0.39, 0.29) is 64.7 Å². The summed E-state index contributed by atoms with van der Waals surface area (Å²) in [6, 6.07) is 0.713. The predicted molar refractivity (Wildman–Crippen MR) is 129 cm³/mol. The van der Waals surface area contributed by atoms with E-state index in [0.717, 1.165) is 25.7 Å². The monoisotopic (exact) mass is 474 g/mol. The summed E-state index contributed by atoms with van der Waals surface area (Å²) in [6.07, 6.45) is 6.68. The Bertz CT molecular complexity index is 707. The number of hydrogen-bond acceptors (Lipinski definition) is 5. The second-order valence-electron chi connectivity index (χ2n) is 7.86. The summed E-state index contributed by atoms with van der Waals surface area (Å²) >= 11 is 1.46. The number of nitrogens with zero attached hydrogens (tertiary/aromatic N) is 1. The van der Waals surface area contributed by atoms with Crippen LogP contribution in [-0.2, 0) is 14.3 Å². The Balaban J connectivity index is 0.00000150. The number of ether oxygens (including phenoxy) is 1. The van der Waals surface area contributed by atoms with Crippen molar-refractivity contribution >= 4 is 55.9 Å². The number of Topliss-reactive ketones (excluding diaryl/α,β-unsaturated/α-hetero) is 1. The molecule has 9 heteroatoms. The summed E-state index contributed by atoms with van der Waals surface area (Å²) in [5, 5.41) is 6.61. The fraction of sp³-hybridized carbons (Fsp3) is 0.667. The standard InChI is InChI=1S/C20H26N2O4S.CH4.2H2S/c23-16-11-26-17-6-3-8-22(18(16)17)20(25)15(10-13-4-1-2-5-13)21-19(24)14-7-9-27-12-14;;;/h7,9,12-13,15,17-18H,1-6,8,10-11H2,(H,21,24);1H4;2*1H2/t15-,17-,18-;;;/m0.../s1. The van der Waals surface area contributed by atoms with E-state index in [0.29, 0.717) is 24.4 Å². The van der Waals surface area contributed by atoms with Gasteiger partial charge in [-0.15, -0.1) is 0 Å². The van der Waals surface area contributed by atoms with Gasteiger partial charge in [0.15, 0.2) is 5.78 Å². The number of nitrogens with one attached hydrogen (secondary N) is 1. The first-order chi connectivity index (χ1) is 13.1. The molecule has 0 bridgehead atoms. The Morgan fingerprint density at radius 3 is 2.60 bits per heavy atom.